The van der Waals surface area contributed by atoms with Crippen molar-refractivity contribution in [2.45, 2.75) is 33.1 Å². The van der Waals surface area contributed by atoms with E-state index in [4.69, 9.17) is 9.47 Å². The van der Waals surface area contributed by atoms with Crippen LogP contribution in [-0.2, 0) is 4.74 Å². The Morgan fingerprint density at radius 3 is 2.12 bits per heavy atom. The summed E-state index contributed by atoms with van der Waals surface area (Å²) in [5.74, 6) is 0.179. The van der Waals surface area contributed by atoms with Gasteiger partial charge in [0.1, 0.15) is 5.75 Å². The molecular weight excluding hydrogens is 330 g/mol. The van der Waals surface area contributed by atoms with Crippen molar-refractivity contribution >= 4 is 17.6 Å². The number of esters is 1. The minimum absolute atomic E-state index is 0.217. The zero-order chi connectivity index (χ0) is 18.8. The maximum Gasteiger partial charge on any atom is 0.338 e. The van der Waals surface area contributed by atoms with Crippen LogP contribution in [0.3, 0.4) is 0 Å². The van der Waals surface area contributed by atoms with Gasteiger partial charge in [-0.3, -0.25) is 4.79 Å². The molecular formula is C21H25NO4. The molecule has 0 saturated heterocycles. The van der Waals surface area contributed by atoms with E-state index in [0.717, 1.165) is 25.0 Å². The summed E-state index contributed by atoms with van der Waals surface area (Å²) in [7, 11) is 0. The molecule has 2 aromatic rings. The van der Waals surface area contributed by atoms with Crippen LogP contribution in [0.2, 0.25) is 0 Å². The third kappa shape index (κ3) is 5.92. The topological polar surface area (TPSA) is 64.6 Å². The first kappa shape index (κ1) is 19.5. The zero-order valence-corrected chi connectivity index (χ0v) is 15.3. The smallest absolute Gasteiger partial charge is 0.338 e. The number of carbonyl (C=O) groups excluding carboxylic acids is 2. The Balaban J connectivity index is 1.91. The van der Waals surface area contributed by atoms with Gasteiger partial charge < -0.3 is 14.8 Å². The summed E-state index contributed by atoms with van der Waals surface area (Å²) in [5, 5.41) is 2.81. The number of hydrogen-bond donors (Lipinski definition) is 1. The molecule has 0 unspecified atom stereocenters. The van der Waals surface area contributed by atoms with E-state index < -0.39 is 0 Å². The number of anilines is 1. The number of benzene rings is 2. The minimum Gasteiger partial charge on any atom is -0.494 e. The summed E-state index contributed by atoms with van der Waals surface area (Å²) in [6.45, 7) is 5.15. The lowest BCUT2D eigenvalue weighted by Gasteiger charge is -2.08. The molecule has 0 aliphatic heterocycles. The summed E-state index contributed by atoms with van der Waals surface area (Å²) in [5.41, 5.74) is 1.62. The summed E-state index contributed by atoms with van der Waals surface area (Å²) in [4.78, 5) is 24.1. The molecule has 138 valence electrons. The molecule has 1 N–H and O–H groups in total. The van der Waals surface area contributed by atoms with E-state index in [1.165, 1.54) is 0 Å². The molecule has 5 heteroatoms. The molecule has 0 bridgehead atoms. The van der Waals surface area contributed by atoms with Crippen LogP contribution in [0.4, 0.5) is 5.69 Å². The maximum absolute atomic E-state index is 12.3. The van der Waals surface area contributed by atoms with Gasteiger partial charge in [-0.05, 0) is 61.4 Å². The van der Waals surface area contributed by atoms with Crippen LogP contribution in [0, 0.1) is 0 Å². The molecule has 5 nitrogen and oxygen atoms in total. The number of rotatable bonds is 9. The lowest BCUT2D eigenvalue weighted by atomic mass is 10.1. The lowest BCUT2D eigenvalue weighted by Crippen LogP contribution is -2.12. The summed E-state index contributed by atoms with van der Waals surface area (Å²) in [6, 6.07) is 13.7. The molecule has 0 spiro atoms. The second-order valence-electron chi connectivity index (χ2n) is 5.89. The van der Waals surface area contributed by atoms with Crippen LogP contribution in [0.1, 0.15) is 53.8 Å². The van der Waals surface area contributed by atoms with Crippen molar-refractivity contribution in [1.29, 1.82) is 0 Å². The SMILES string of the molecule is CCCCOC(=O)c1ccc(NC(=O)c2ccc(OCCC)cc2)cc1. The molecule has 0 fully saturated rings. The maximum atomic E-state index is 12.3. The number of ether oxygens (including phenoxy) is 2. The fourth-order valence-electron chi connectivity index (χ4n) is 2.21. The third-order valence-corrected chi connectivity index (χ3v) is 3.70. The highest BCUT2D eigenvalue weighted by molar-refractivity contribution is 6.04. The molecule has 0 heterocycles. The van der Waals surface area contributed by atoms with Gasteiger partial charge in [0.15, 0.2) is 0 Å². The average Bonchev–Trinajstić information content (AvgIpc) is 2.67. The first-order valence-electron chi connectivity index (χ1n) is 8.95. The summed E-state index contributed by atoms with van der Waals surface area (Å²) < 4.78 is 10.7. The molecule has 2 aromatic carbocycles. The van der Waals surface area contributed by atoms with Crippen molar-refractivity contribution in [2.75, 3.05) is 18.5 Å². The van der Waals surface area contributed by atoms with Crippen LogP contribution in [0.15, 0.2) is 48.5 Å². The molecule has 0 aromatic heterocycles. The molecule has 0 atom stereocenters. The fourth-order valence-corrected chi connectivity index (χ4v) is 2.21. The highest BCUT2D eigenvalue weighted by Gasteiger charge is 2.09. The highest BCUT2D eigenvalue weighted by atomic mass is 16.5. The quantitative estimate of drug-likeness (QED) is 0.524. The van der Waals surface area contributed by atoms with Gasteiger partial charge >= 0.3 is 5.97 Å². The van der Waals surface area contributed by atoms with E-state index in [-0.39, 0.29) is 11.9 Å². The molecule has 1 amide bonds. The normalized spacial score (nSPS) is 10.2. The van der Waals surface area contributed by atoms with Gasteiger partial charge in [0.25, 0.3) is 5.91 Å². The number of hydrogen-bond acceptors (Lipinski definition) is 4. The van der Waals surface area contributed by atoms with Crippen molar-refractivity contribution in [2.24, 2.45) is 0 Å². The van der Waals surface area contributed by atoms with Gasteiger partial charge in [-0.25, -0.2) is 4.79 Å². The highest BCUT2D eigenvalue weighted by Crippen LogP contribution is 2.15. The van der Waals surface area contributed by atoms with E-state index >= 15 is 0 Å². The molecule has 0 aliphatic rings. The van der Waals surface area contributed by atoms with E-state index in [0.29, 0.717) is 30.0 Å². The monoisotopic (exact) mass is 355 g/mol. The molecule has 0 saturated carbocycles. The number of amides is 1. The zero-order valence-electron chi connectivity index (χ0n) is 15.3. The average molecular weight is 355 g/mol. The van der Waals surface area contributed by atoms with Gasteiger partial charge in [-0.2, -0.15) is 0 Å². The summed E-state index contributed by atoms with van der Waals surface area (Å²) >= 11 is 0. The Morgan fingerprint density at radius 1 is 0.846 bits per heavy atom. The first-order valence-corrected chi connectivity index (χ1v) is 8.95. The Kier molecular flexibility index (Phi) is 7.68. The van der Waals surface area contributed by atoms with Crippen LogP contribution < -0.4 is 10.1 Å². The number of unbranched alkanes of at least 4 members (excludes halogenated alkanes) is 1. The predicted octanol–water partition coefficient (Wildman–Crippen LogP) is 4.68. The van der Waals surface area contributed by atoms with Gasteiger partial charge in [0.2, 0.25) is 0 Å². The second-order valence-corrected chi connectivity index (χ2v) is 5.89. The lowest BCUT2D eigenvalue weighted by molar-refractivity contribution is 0.0499. The fraction of sp³-hybridized carbons (Fsp3) is 0.333. The van der Waals surface area contributed by atoms with E-state index in [9.17, 15) is 9.59 Å². The van der Waals surface area contributed by atoms with E-state index in [2.05, 4.69) is 5.32 Å². The number of nitrogens with one attached hydrogen (secondary N) is 1. The van der Waals surface area contributed by atoms with Crippen LogP contribution in [-0.4, -0.2) is 25.1 Å². The van der Waals surface area contributed by atoms with Gasteiger partial charge in [-0.1, -0.05) is 20.3 Å². The first-order chi connectivity index (χ1) is 12.6. The molecule has 0 aliphatic carbocycles. The standard InChI is InChI=1S/C21H25NO4/c1-3-5-15-26-21(24)17-6-10-18(11-7-17)22-20(23)16-8-12-19(13-9-16)25-14-4-2/h6-13H,3-5,14-15H2,1-2H3,(H,22,23). The van der Waals surface area contributed by atoms with Crippen LogP contribution in [0.5, 0.6) is 5.75 Å². The largest absolute Gasteiger partial charge is 0.494 e. The Bertz CT molecular complexity index is 708. The van der Waals surface area contributed by atoms with Gasteiger partial charge in [-0.15, -0.1) is 0 Å². The van der Waals surface area contributed by atoms with Crippen molar-refractivity contribution < 1.29 is 19.1 Å². The molecule has 0 radical (unpaired) electrons. The van der Waals surface area contributed by atoms with Gasteiger partial charge in [0, 0.05) is 11.3 Å². The van der Waals surface area contributed by atoms with E-state index in [1.54, 1.807) is 48.5 Å². The van der Waals surface area contributed by atoms with E-state index in [1.807, 2.05) is 13.8 Å². The molecule has 2 rings (SSSR count). The summed E-state index contributed by atoms with van der Waals surface area (Å²) in [6.07, 6.45) is 2.76. The number of carbonyl (C=O) groups is 2. The minimum atomic E-state index is -0.348. The second kappa shape index (κ2) is 10.2. The predicted molar refractivity (Wildman–Crippen MR) is 102 cm³/mol. The van der Waals surface area contributed by atoms with Crippen LogP contribution in [0.25, 0.3) is 0 Å². The molecule has 26 heavy (non-hydrogen) atoms. The Morgan fingerprint density at radius 2 is 1.50 bits per heavy atom. The van der Waals surface area contributed by atoms with Crippen molar-refractivity contribution in [3.63, 3.8) is 0 Å². The Labute approximate surface area is 154 Å². The van der Waals surface area contributed by atoms with Crippen molar-refractivity contribution in [3.05, 3.63) is 59.7 Å². The Hall–Kier alpha value is -2.82. The third-order valence-electron chi connectivity index (χ3n) is 3.70. The van der Waals surface area contributed by atoms with Crippen molar-refractivity contribution in [1.82, 2.24) is 0 Å². The van der Waals surface area contributed by atoms with Gasteiger partial charge in [0.05, 0.1) is 18.8 Å². The van der Waals surface area contributed by atoms with Crippen LogP contribution >= 0.6 is 0 Å². The van der Waals surface area contributed by atoms with Crippen molar-refractivity contribution in [3.8, 4) is 5.75 Å².